The van der Waals surface area contributed by atoms with Crippen LogP contribution in [0.4, 0.5) is 0 Å². The van der Waals surface area contributed by atoms with Crippen molar-refractivity contribution in [2.75, 3.05) is 7.11 Å². The molecule has 128 valence electrons. The Balaban J connectivity index is 2.24. The summed E-state index contributed by atoms with van der Waals surface area (Å²) in [6.45, 7) is 5.43. The Morgan fingerprint density at radius 3 is 2.62 bits per heavy atom. The maximum atomic E-state index is 12.6. The summed E-state index contributed by atoms with van der Waals surface area (Å²) in [5.74, 6) is -0.766. The van der Waals surface area contributed by atoms with E-state index in [0.717, 1.165) is 17.0 Å². The molecular formula is C18H22N2O3S. The zero-order chi connectivity index (χ0) is 17.7. The van der Waals surface area contributed by atoms with Crippen LogP contribution in [0.5, 0.6) is 0 Å². The lowest BCUT2D eigenvalue weighted by molar-refractivity contribution is -0.147. The van der Waals surface area contributed by atoms with Gasteiger partial charge in [0.05, 0.1) is 28.9 Å². The third-order valence-corrected chi connectivity index (χ3v) is 4.77. The topological polar surface area (TPSA) is 68.3 Å². The zero-order valence-corrected chi connectivity index (χ0v) is 15.2. The number of carbonyl (C=O) groups is 2. The molecule has 0 bridgehead atoms. The van der Waals surface area contributed by atoms with Crippen LogP contribution in [0, 0.1) is 6.92 Å². The summed E-state index contributed by atoms with van der Waals surface area (Å²) in [5.41, 5.74) is 0.881. The van der Waals surface area contributed by atoms with Crippen molar-refractivity contribution in [1.29, 1.82) is 0 Å². The van der Waals surface area contributed by atoms with Gasteiger partial charge in [0.15, 0.2) is 0 Å². The van der Waals surface area contributed by atoms with E-state index in [1.54, 1.807) is 31.3 Å². The van der Waals surface area contributed by atoms with Crippen LogP contribution in [0.15, 0.2) is 29.6 Å². The first-order valence-electron chi connectivity index (χ1n) is 7.83. The summed E-state index contributed by atoms with van der Waals surface area (Å²) in [4.78, 5) is 30.2. The molecule has 0 aliphatic heterocycles. The summed E-state index contributed by atoms with van der Waals surface area (Å²) in [7, 11) is 1.32. The Morgan fingerprint density at radius 2 is 2.08 bits per heavy atom. The van der Waals surface area contributed by atoms with Crippen molar-refractivity contribution in [1.82, 2.24) is 10.3 Å². The van der Waals surface area contributed by atoms with E-state index in [4.69, 9.17) is 4.74 Å². The predicted octanol–water partition coefficient (Wildman–Crippen LogP) is 3.58. The molecular weight excluding hydrogens is 324 g/mol. The molecule has 24 heavy (non-hydrogen) atoms. The van der Waals surface area contributed by atoms with Gasteiger partial charge >= 0.3 is 5.97 Å². The van der Waals surface area contributed by atoms with E-state index in [1.165, 1.54) is 7.11 Å². The molecule has 2 aromatic rings. The fraction of sp³-hybridized carbons (Fsp3) is 0.389. The summed E-state index contributed by atoms with van der Waals surface area (Å²) < 4.78 is 4.84. The molecule has 2 rings (SSSR count). The van der Waals surface area contributed by atoms with Gasteiger partial charge in [-0.3, -0.25) is 9.78 Å². The molecule has 0 radical (unpaired) electrons. The summed E-state index contributed by atoms with van der Waals surface area (Å²) in [5, 5.41) is 4.79. The monoisotopic (exact) mass is 346 g/mol. The van der Waals surface area contributed by atoms with Gasteiger partial charge in [0, 0.05) is 0 Å². The van der Waals surface area contributed by atoms with Gasteiger partial charge in [-0.2, -0.15) is 0 Å². The number of nitrogens with zero attached hydrogens (tertiary/aromatic N) is 1. The molecule has 2 heterocycles. The number of methoxy groups -OCH3 is 1. The molecule has 6 heteroatoms. The summed E-state index contributed by atoms with van der Waals surface area (Å²) >= 11 is 1.60. The number of carbonyl (C=O) groups excluding carboxylic acids is 2. The Hall–Kier alpha value is -2.21. The van der Waals surface area contributed by atoms with Crippen LogP contribution in [-0.2, 0) is 9.53 Å². The maximum absolute atomic E-state index is 12.6. The number of aromatic nitrogens is 1. The molecule has 2 aromatic heterocycles. The number of aryl methyl sites for hydroxylation is 1. The van der Waals surface area contributed by atoms with Crippen molar-refractivity contribution in [3.05, 3.63) is 40.9 Å². The van der Waals surface area contributed by atoms with Gasteiger partial charge in [-0.05, 0) is 43.8 Å². The number of hydrogen-bond acceptors (Lipinski definition) is 5. The summed E-state index contributed by atoms with van der Waals surface area (Å²) in [6, 6.07) is 7.52. The van der Waals surface area contributed by atoms with E-state index in [0.29, 0.717) is 17.7 Å². The van der Waals surface area contributed by atoms with Gasteiger partial charge < -0.3 is 10.1 Å². The number of thiophene rings is 1. The number of rotatable bonds is 6. The van der Waals surface area contributed by atoms with E-state index in [1.807, 2.05) is 30.5 Å². The van der Waals surface area contributed by atoms with E-state index < -0.39 is 11.5 Å². The largest absolute Gasteiger partial charge is 0.467 e. The predicted molar refractivity (Wildman–Crippen MR) is 95.1 cm³/mol. The zero-order valence-electron chi connectivity index (χ0n) is 14.4. The van der Waals surface area contributed by atoms with Crippen LogP contribution in [0.3, 0.4) is 0 Å². The van der Waals surface area contributed by atoms with Crippen molar-refractivity contribution in [2.24, 2.45) is 0 Å². The lowest BCUT2D eigenvalue weighted by atomic mass is 9.95. The van der Waals surface area contributed by atoms with E-state index in [9.17, 15) is 9.59 Å². The number of amides is 1. The van der Waals surface area contributed by atoms with Crippen molar-refractivity contribution in [3.63, 3.8) is 0 Å². The second-order valence-electron chi connectivity index (χ2n) is 5.83. The van der Waals surface area contributed by atoms with Gasteiger partial charge in [-0.25, -0.2) is 4.79 Å². The maximum Gasteiger partial charge on any atom is 0.331 e. The molecule has 0 spiro atoms. The minimum atomic E-state index is -1.04. The number of hydrogen-bond donors (Lipinski definition) is 1. The van der Waals surface area contributed by atoms with Crippen LogP contribution in [-0.4, -0.2) is 29.5 Å². The normalized spacial score (nSPS) is 13.2. The van der Waals surface area contributed by atoms with Gasteiger partial charge in [0.25, 0.3) is 5.91 Å². The van der Waals surface area contributed by atoms with Crippen LogP contribution >= 0.6 is 11.3 Å². The van der Waals surface area contributed by atoms with Gasteiger partial charge in [-0.15, -0.1) is 11.3 Å². The SMILES string of the molecule is CCCC(C)(NC(=O)c1ccc(-c2cccs2)nc1C)C(=O)OC. The molecule has 0 saturated heterocycles. The minimum absolute atomic E-state index is 0.320. The highest BCUT2D eigenvalue weighted by atomic mass is 32.1. The average molecular weight is 346 g/mol. The van der Waals surface area contributed by atoms with Crippen LogP contribution in [0.25, 0.3) is 10.6 Å². The first-order valence-corrected chi connectivity index (χ1v) is 8.71. The third-order valence-electron chi connectivity index (χ3n) is 3.88. The van der Waals surface area contributed by atoms with Gasteiger partial charge in [0.1, 0.15) is 5.54 Å². The fourth-order valence-electron chi connectivity index (χ4n) is 2.62. The van der Waals surface area contributed by atoms with E-state index in [-0.39, 0.29) is 5.91 Å². The lowest BCUT2D eigenvalue weighted by Crippen LogP contribution is -2.52. The number of ether oxygens (including phenoxy) is 1. The molecule has 1 N–H and O–H groups in total. The highest BCUT2D eigenvalue weighted by molar-refractivity contribution is 7.13. The second kappa shape index (κ2) is 7.57. The Morgan fingerprint density at radius 1 is 1.33 bits per heavy atom. The van der Waals surface area contributed by atoms with Crippen molar-refractivity contribution in [3.8, 4) is 10.6 Å². The molecule has 0 saturated carbocycles. The van der Waals surface area contributed by atoms with Gasteiger partial charge in [-0.1, -0.05) is 19.4 Å². The number of nitrogens with one attached hydrogen (secondary N) is 1. The lowest BCUT2D eigenvalue weighted by Gasteiger charge is -2.27. The quantitative estimate of drug-likeness (QED) is 0.812. The highest BCUT2D eigenvalue weighted by Crippen LogP contribution is 2.24. The second-order valence-corrected chi connectivity index (χ2v) is 6.78. The van der Waals surface area contributed by atoms with Crippen LogP contribution in [0.1, 0.15) is 42.7 Å². The molecule has 0 fully saturated rings. The molecule has 0 aliphatic rings. The molecule has 1 unspecified atom stereocenters. The van der Waals surface area contributed by atoms with E-state index in [2.05, 4.69) is 10.3 Å². The fourth-order valence-corrected chi connectivity index (χ4v) is 3.32. The molecule has 5 nitrogen and oxygen atoms in total. The van der Waals surface area contributed by atoms with Crippen LogP contribution in [0.2, 0.25) is 0 Å². The minimum Gasteiger partial charge on any atom is -0.467 e. The smallest absolute Gasteiger partial charge is 0.331 e. The van der Waals surface area contributed by atoms with Gasteiger partial charge in [0.2, 0.25) is 0 Å². The van der Waals surface area contributed by atoms with Crippen molar-refractivity contribution in [2.45, 2.75) is 39.2 Å². The number of esters is 1. The summed E-state index contributed by atoms with van der Waals surface area (Å²) in [6.07, 6.45) is 1.26. The molecule has 1 atom stereocenters. The van der Waals surface area contributed by atoms with E-state index >= 15 is 0 Å². The molecule has 0 aliphatic carbocycles. The number of pyridine rings is 1. The Bertz CT molecular complexity index is 728. The van der Waals surface area contributed by atoms with Crippen molar-refractivity contribution < 1.29 is 14.3 Å². The average Bonchev–Trinajstić information content (AvgIpc) is 3.08. The third kappa shape index (κ3) is 3.82. The first-order chi connectivity index (χ1) is 11.4. The Kier molecular flexibility index (Phi) is 5.72. The first kappa shape index (κ1) is 18.1. The van der Waals surface area contributed by atoms with Crippen molar-refractivity contribution >= 4 is 23.2 Å². The molecule has 1 amide bonds. The molecule has 0 aromatic carbocycles. The standard InChI is InChI=1S/C18H22N2O3S/c1-5-10-18(3,17(22)23-4)20-16(21)13-8-9-14(19-12(13)2)15-7-6-11-24-15/h6-9,11H,5,10H2,1-4H3,(H,20,21). The highest BCUT2D eigenvalue weighted by Gasteiger charge is 2.35. The Labute approximate surface area is 146 Å². The van der Waals surface area contributed by atoms with Crippen LogP contribution < -0.4 is 5.32 Å².